The number of benzene rings is 1. The summed E-state index contributed by atoms with van der Waals surface area (Å²) in [5.74, 6) is 0.865. The monoisotopic (exact) mass is 385 g/mol. The van der Waals surface area contributed by atoms with E-state index in [1.165, 1.54) is 0 Å². The number of rotatable bonds is 8. The summed E-state index contributed by atoms with van der Waals surface area (Å²) in [4.78, 5) is 7.58. The van der Waals surface area contributed by atoms with Crippen molar-refractivity contribution in [3.05, 3.63) is 70.5 Å². The van der Waals surface area contributed by atoms with Gasteiger partial charge in [0.05, 0.1) is 27.7 Å². The predicted octanol–water partition coefficient (Wildman–Crippen LogP) is 4.04. The van der Waals surface area contributed by atoms with E-state index in [4.69, 9.17) is 28.8 Å². The number of aromatic amines is 1. The molecule has 5 nitrogen and oxygen atoms in total. The quantitative estimate of drug-likeness (QED) is 0.313. The van der Waals surface area contributed by atoms with Crippen LogP contribution in [0.1, 0.15) is 37.9 Å². The molecule has 1 unspecified atom stereocenters. The topological polar surface area (TPSA) is 106 Å². The van der Waals surface area contributed by atoms with E-state index in [-0.39, 0.29) is 10.9 Å². The van der Waals surface area contributed by atoms with Crippen molar-refractivity contribution in [2.45, 2.75) is 26.7 Å². The second kappa shape index (κ2) is 9.88. The van der Waals surface area contributed by atoms with Gasteiger partial charge in [0.25, 0.3) is 0 Å². The molecule has 0 aliphatic rings. The molecule has 27 heavy (non-hydrogen) atoms. The van der Waals surface area contributed by atoms with E-state index in [0.717, 1.165) is 18.4 Å². The molecule has 0 spiro atoms. The second-order valence-electron chi connectivity index (χ2n) is 6.54. The molecule has 1 heterocycles. The van der Waals surface area contributed by atoms with Gasteiger partial charge in [0.15, 0.2) is 0 Å². The molecule has 1 atom stereocenters. The van der Waals surface area contributed by atoms with Crippen LogP contribution in [0.4, 0.5) is 0 Å². The zero-order chi connectivity index (χ0) is 19.8. The lowest BCUT2D eigenvalue weighted by Crippen LogP contribution is -2.21. The van der Waals surface area contributed by atoms with E-state index in [0.29, 0.717) is 35.1 Å². The first-order valence-corrected chi connectivity index (χ1v) is 9.48. The van der Waals surface area contributed by atoms with Gasteiger partial charge in [0.1, 0.15) is 5.84 Å². The highest BCUT2D eigenvalue weighted by atomic mass is 35.5. The minimum absolute atomic E-state index is 0.286. The summed E-state index contributed by atoms with van der Waals surface area (Å²) in [5, 5.41) is 0.290. The molecule has 0 amide bonds. The lowest BCUT2D eigenvalue weighted by molar-refractivity contribution is 0.525. The third-order valence-corrected chi connectivity index (χ3v) is 4.95. The normalized spacial score (nSPS) is 15.1. The zero-order valence-corrected chi connectivity index (χ0v) is 16.6. The van der Waals surface area contributed by atoms with Gasteiger partial charge in [-0.3, -0.25) is 4.99 Å². The number of aliphatic imine (C=N–C) groups is 1. The maximum atomic E-state index is 6.65. The van der Waals surface area contributed by atoms with Gasteiger partial charge in [-0.25, -0.2) is 0 Å². The summed E-state index contributed by atoms with van der Waals surface area (Å²) in [6.45, 7) is 4.96. The molecule has 0 saturated heterocycles. The van der Waals surface area contributed by atoms with E-state index in [2.05, 4.69) is 23.8 Å². The fourth-order valence-corrected chi connectivity index (χ4v) is 2.88. The number of aromatic nitrogens is 1. The fraction of sp³-hybridized carbons (Fsp3) is 0.286. The first-order valence-electron chi connectivity index (χ1n) is 9.10. The van der Waals surface area contributed by atoms with E-state index >= 15 is 0 Å². The van der Waals surface area contributed by atoms with Crippen molar-refractivity contribution in [1.82, 2.24) is 4.98 Å². The highest BCUT2D eigenvalue weighted by Gasteiger charge is 2.18. The van der Waals surface area contributed by atoms with Gasteiger partial charge in [0.2, 0.25) is 0 Å². The van der Waals surface area contributed by atoms with Crippen LogP contribution >= 0.6 is 11.6 Å². The van der Waals surface area contributed by atoms with E-state index < -0.39 is 0 Å². The van der Waals surface area contributed by atoms with Gasteiger partial charge >= 0.3 is 0 Å². The number of hydrogen-bond acceptors (Lipinski definition) is 3. The largest absolute Gasteiger partial charge is 0.397 e. The number of amidine groups is 1. The van der Waals surface area contributed by atoms with Crippen molar-refractivity contribution < 1.29 is 0 Å². The first kappa shape index (κ1) is 20.6. The Kier molecular flexibility index (Phi) is 7.55. The molecule has 0 saturated carbocycles. The number of nitrogens with one attached hydrogen (secondary N) is 1. The zero-order valence-electron chi connectivity index (χ0n) is 15.9. The Bertz CT molecular complexity index is 820. The Hall–Kier alpha value is -2.66. The standard InChI is InChI=1S/C21H28ClN5/c1-3-14(2)11-13-27-21(25)17(20(24)16-10-7-12-26-16)18(22)19(23)15-8-5-4-6-9-15/h4-10,12,14,26H,3,11,13,23-24H2,1-2H3,(H2,25,27)/b19-18+,20-17?. The molecule has 144 valence electrons. The minimum Gasteiger partial charge on any atom is -0.397 e. The second-order valence-corrected chi connectivity index (χ2v) is 6.91. The van der Waals surface area contributed by atoms with Crippen LogP contribution in [0, 0.1) is 5.92 Å². The van der Waals surface area contributed by atoms with Crippen LogP contribution < -0.4 is 17.2 Å². The van der Waals surface area contributed by atoms with Gasteiger partial charge in [-0.1, -0.05) is 62.2 Å². The lowest BCUT2D eigenvalue weighted by Gasteiger charge is -2.14. The number of hydrogen-bond donors (Lipinski definition) is 4. The van der Waals surface area contributed by atoms with E-state index in [9.17, 15) is 0 Å². The maximum Gasteiger partial charge on any atom is 0.129 e. The van der Waals surface area contributed by atoms with Crippen LogP contribution in [0.2, 0.25) is 0 Å². The van der Waals surface area contributed by atoms with Crippen LogP contribution in [-0.2, 0) is 0 Å². The molecule has 2 aromatic rings. The lowest BCUT2D eigenvalue weighted by atomic mass is 10.0. The molecule has 0 radical (unpaired) electrons. The van der Waals surface area contributed by atoms with Crippen molar-refractivity contribution >= 4 is 28.8 Å². The predicted molar refractivity (Wildman–Crippen MR) is 116 cm³/mol. The molecule has 2 rings (SSSR count). The smallest absolute Gasteiger partial charge is 0.129 e. The van der Waals surface area contributed by atoms with Crippen molar-refractivity contribution in [2.24, 2.45) is 28.1 Å². The SMILES string of the molecule is CCC(C)CCN=C(N)C(=C(N)c1ccc[nH]1)/C(Cl)=C(\N)c1ccccc1. The average molecular weight is 386 g/mol. The number of halogens is 1. The molecule has 1 aromatic heterocycles. The molecule has 0 bridgehead atoms. The minimum atomic E-state index is 0.286. The third-order valence-electron chi connectivity index (χ3n) is 4.56. The van der Waals surface area contributed by atoms with E-state index in [1.54, 1.807) is 6.20 Å². The summed E-state index contributed by atoms with van der Waals surface area (Å²) in [6.07, 6.45) is 3.83. The number of H-pyrrole nitrogens is 1. The highest BCUT2D eigenvalue weighted by Crippen LogP contribution is 2.28. The van der Waals surface area contributed by atoms with E-state index in [1.807, 2.05) is 42.5 Å². The van der Waals surface area contributed by atoms with Gasteiger partial charge in [0, 0.05) is 12.7 Å². The molecule has 0 aliphatic carbocycles. The summed E-state index contributed by atoms with van der Waals surface area (Å²) in [6, 6.07) is 13.2. The summed E-state index contributed by atoms with van der Waals surface area (Å²) < 4.78 is 0. The Morgan fingerprint density at radius 2 is 1.78 bits per heavy atom. The molecule has 1 aromatic carbocycles. The van der Waals surface area contributed by atoms with Gasteiger partial charge in [-0.05, 0) is 30.0 Å². The third kappa shape index (κ3) is 5.41. The van der Waals surface area contributed by atoms with Crippen LogP contribution in [0.5, 0.6) is 0 Å². The van der Waals surface area contributed by atoms with Crippen LogP contribution in [0.15, 0.2) is 64.3 Å². The fourth-order valence-electron chi connectivity index (χ4n) is 2.57. The van der Waals surface area contributed by atoms with Crippen LogP contribution in [0.3, 0.4) is 0 Å². The molecular weight excluding hydrogens is 358 g/mol. The molecule has 0 fully saturated rings. The van der Waals surface area contributed by atoms with Crippen molar-refractivity contribution in [1.29, 1.82) is 0 Å². The van der Waals surface area contributed by atoms with Gasteiger partial charge in [-0.2, -0.15) is 0 Å². The molecule has 6 heteroatoms. The summed E-state index contributed by atoms with van der Waals surface area (Å²) in [7, 11) is 0. The Labute approximate surface area is 166 Å². The Balaban J connectivity index is 2.48. The van der Waals surface area contributed by atoms with Gasteiger partial charge < -0.3 is 22.2 Å². The van der Waals surface area contributed by atoms with Crippen molar-refractivity contribution in [2.75, 3.05) is 6.54 Å². The Morgan fingerprint density at radius 3 is 2.37 bits per heavy atom. The summed E-state index contributed by atoms with van der Waals surface area (Å²) >= 11 is 6.65. The Morgan fingerprint density at radius 1 is 1.07 bits per heavy atom. The number of nitrogens with zero attached hydrogens (tertiary/aromatic N) is 1. The maximum absolute atomic E-state index is 6.65. The van der Waals surface area contributed by atoms with Crippen molar-refractivity contribution in [3.8, 4) is 0 Å². The van der Waals surface area contributed by atoms with Crippen LogP contribution in [0.25, 0.3) is 11.4 Å². The molecular formula is C21H28ClN5. The average Bonchev–Trinajstić information content (AvgIpc) is 3.22. The molecule has 7 N–H and O–H groups in total. The van der Waals surface area contributed by atoms with Crippen LogP contribution in [-0.4, -0.2) is 17.4 Å². The highest BCUT2D eigenvalue weighted by molar-refractivity contribution is 6.39. The summed E-state index contributed by atoms with van der Waals surface area (Å²) in [5.41, 5.74) is 21.7. The number of nitrogens with two attached hydrogens (primary N) is 3. The molecule has 0 aliphatic heterocycles. The van der Waals surface area contributed by atoms with Crippen molar-refractivity contribution in [3.63, 3.8) is 0 Å². The first-order chi connectivity index (χ1) is 13.0. The van der Waals surface area contributed by atoms with Gasteiger partial charge in [-0.15, -0.1) is 0 Å².